The van der Waals surface area contributed by atoms with Crippen LogP contribution in [-0.4, -0.2) is 44.4 Å². The standard InChI is InChI=1S/C14H16Cl2O5S/c15-10-4-3-9(11(16)6-10)2-1-5-22-8-14(21,13(19)20)7-12(17)18/h3-4,6,21H,1-2,5,7-8H2,(H,17,18)(H,19,20)/t14-/m1/s1. The quantitative estimate of drug-likeness (QED) is 0.581. The van der Waals surface area contributed by atoms with Gasteiger partial charge in [0, 0.05) is 15.8 Å². The summed E-state index contributed by atoms with van der Waals surface area (Å²) in [4.78, 5) is 21.6. The van der Waals surface area contributed by atoms with Crippen molar-refractivity contribution < 1.29 is 24.9 Å². The van der Waals surface area contributed by atoms with Gasteiger partial charge in [-0.1, -0.05) is 29.3 Å². The second-order valence-electron chi connectivity index (χ2n) is 4.80. The maximum atomic E-state index is 11.0. The fraction of sp³-hybridized carbons (Fsp3) is 0.429. The largest absolute Gasteiger partial charge is 0.481 e. The van der Waals surface area contributed by atoms with Crippen molar-refractivity contribution in [2.24, 2.45) is 0 Å². The lowest BCUT2D eigenvalue weighted by molar-refractivity contribution is -0.162. The lowest BCUT2D eigenvalue weighted by atomic mass is 10.0. The number of carboxylic acid groups (broad SMARTS) is 2. The van der Waals surface area contributed by atoms with Crippen molar-refractivity contribution in [3.8, 4) is 0 Å². The molecule has 3 N–H and O–H groups in total. The van der Waals surface area contributed by atoms with Crippen LogP contribution in [0, 0.1) is 0 Å². The zero-order valence-electron chi connectivity index (χ0n) is 11.6. The Bertz CT molecular complexity index is 552. The van der Waals surface area contributed by atoms with Gasteiger partial charge in [0.05, 0.1) is 6.42 Å². The van der Waals surface area contributed by atoms with Gasteiger partial charge in [-0.15, -0.1) is 0 Å². The van der Waals surface area contributed by atoms with Gasteiger partial charge in [-0.3, -0.25) is 4.79 Å². The van der Waals surface area contributed by atoms with Crippen molar-refractivity contribution in [2.45, 2.75) is 24.9 Å². The number of benzene rings is 1. The minimum absolute atomic E-state index is 0.178. The molecule has 0 aliphatic rings. The highest BCUT2D eigenvalue weighted by Crippen LogP contribution is 2.23. The van der Waals surface area contributed by atoms with E-state index in [1.165, 1.54) is 11.8 Å². The van der Waals surface area contributed by atoms with Crippen LogP contribution in [0.1, 0.15) is 18.4 Å². The third-order valence-corrected chi connectivity index (χ3v) is 4.78. The van der Waals surface area contributed by atoms with Crippen LogP contribution in [0.4, 0.5) is 0 Å². The highest BCUT2D eigenvalue weighted by Gasteiger charge is 2.38. The van der Waals surface area contributed by atoms with Crippen LogP contribution in [0.2, 0.25) is 10.0 Å². The summed E-state index contributed by atoms with van der Waals surface area (Å²) in [5.41, 5.74) is -1.31. The van der Waals surface area contributed by atoms with E-state index in [-0.39, 0.29) is 5.75 Å². The van der Waals surface area contributed by atoms with Gasteiger partial charge < -0.3 is 15.3 Å². The molecule has 0 amide bonds. The second kappa shape index (κ2) is 8.62. The van der Waals surface area contributed by atoms with Gasteiger partial charge in [0.1, 0.15) is 0 Å². The molecule has 22 heavy (non-hydrogen) atoms. The number of hydrogen-bond donors (Lipinski definition) is 3. The molecule has 0 unspecified atom stereocenters. The number of aryl methyl sites for hydroxylation is 1. The molecule has 0 aliphatic carbocycles. The Morgan fingerprint density at radius 1 is 1.23 bits per heavy atom. The predicted octanol–water partition coefficient (Wildman–Crippen LogP) is 2.95. The van der Waals surface area contributed by atoms with Crippen molar-refractivity contribution in [2.75, 3.05) is 11.5 Å². The van der Waals surface area contributed by atoms with Crippen molar-refractivity contribution in [1.82, 2.24) is 0 Å². The van der Waals surface area contributed by atoms with E-state index in [2.05, 4.69) is 0 Å². The van der Waals surface area contributed by atoms with Crippen LogP contribution in [-0.2, 0) is 16.0 Å². The number of aliphatic carboxylic acids is 2. The Morgan fingerprint density at radius 3 is 2.45 bits per heavy atom. The van der Waals surface area contributed by atoms with Gasteiger partial charge in [0.2, 0.25) is 0 Å². The molecule has 0 heterocycles. The summed E-state index contributed by atoms with van der Waals surface area (Å²) < 4.78 is 0. The molecular weight excluding hydrogens is 351 g/mol. The number of aliphatic hydroxyl groups is 1. The normalized spacial score (nSPS) is 13.6. The Balaban J connectivity index is 2.40. The molecule has 0 aliphatic heterocycles. The first-order valence-corrected chi connectivity index (χ1v) is 8.35. The Hall–Kier alpha value is -0.950. The summed E-state index contributed by atoms with van der Waals surface area (Å²) in [7, 11) is 0. The molecule has 0 fully saturated rings. The van der Waals surface area contributed by atoms with Crippen molar-refractivity contribution >= 4 is 46.9 Å². The predicted molar refractivity (Wildman–Crippen MR) is 86.9 cm³/mol. The highest BCUT2D eigenvalue weighted by molar-refractivity contribution is 7.99. The minimum atomic E-state index is -2.24. The number of hydrogen-bond acceptors (Lipinski definition) is 4. The van der Waals surface area contributed by atoms with E-state index in [4.69, 9.17) is 33.4 Å². The summed E-state index contributed by atoms with van der Waals surface area (Å²) in [5, 5.41) is 28.5. The maximum absolute atomic E-state index is 11.0. The molecule has 1 rings (SSSR count). The van der Waals surface area contributed by atoms with Gasteiger partial charge in [-0.2, -0.15) is 11.8 Å². The van der Waals surface area contributed by atoms with Gasteiger partial charge >= 0.3 is 11.9 Å². The lowest BCUT2D eigenvalue weighted by Crippen LogP contribution is -2.43. The molecular formula is C14H16Cl2O5S. The van der Waals surface area contributed by atoms with Crippen LogP contribution in [0.15, 0.2) is 18.2 Å². The SMILES string of the molecule is O=C(O)C[C@@](O)(CSCCCc1ccc(Cl)cc1Cl)C(=O)O. The van der Waals surface area contributed by atoms with E-state index in [1.54, 1.807) is 12.1 Å². The average molecular weight is 367 g/mol. The van der Waals surface area contributed by atoms with E-state index in [1.807, 2.05) is 6.07 Å². The lowest BCUT2D eigenvalue weighted by Gasteiger charge is -2.20. The maximum Gasteiger partial charge on any atom is 0.337 e. The third kappa shape index (κ3) is 6.04. The summed E-state index contributed by atoms with van der Waals surface area (Å²) >= 11 is 13.0. The fourth-order valence-electron chi connectivity index (χ4n) is 1.77. The molecule has 0 radical (unpaired) electrons. The first kappa shape index (κ1) is 19.1. The summed E-state index contributed by atoms with van der Waals surface area (Å²) in [6, 6.07) is 5.22. The molecule has 1 aromatic rings. The van der Waals surface area contributed by atoms with Gasteiger partial charge in [-0.05, 0) is 36.3 Å². The molecule has 0 spiro atoms. The average Bonchev–Trinajstić information content (AvgIpc) is 2.39. The topological polar surface area (TPSA) is 94.8 Å². The minimum Gasteiger partial charge on any atom is -0.481 e. The van der Waals surface area contributed by atoms with Gasteiger partial charge in [0.15, 0.2) is 5.60 Å². The molecule has 5 nitrogen and oxygen atoms in total. The number of halogens is 2. The van der Waals surface area contributed by atoms with Crippen molar-refractivity contribution in [1.29, 1.82) is 0 Å². The molecule has 0 aromatic heterocycles. The number of thioether (sulfide) groups is 1. The number of rotatable bonds is 9. The molecule has 0 saturated heterocycles. The fourth-order valence-corrected chi connectivity index (χ4v) is 3.33. The van der Waals surface area contributed by atoms with E-state index < -0.39 is 24.0 Å². The van der Waals surface area contributed by atoms with E-state index in [0.717, 1.165) is 12.0 Å². The van der Waals surface area contributed by atoms with Crippen LogP contribution < -0.4 is 0 Å². The smallest absolute Gasteiger partial charge is 0.337 e. The Morgan fingerprint density at radius 2 is 1.91 bits per heavy atom. The zero-order chi connectivity index (χ0) is 16.8. The van der Waals surface area contributed by atoms with Crippen LogP contribution in [0.25, 0.3) is 0 Å². The van der Waals surface area contributed by atoms with E-state index in [0.29, 0.717) is 22.2 Å². The third-order valence-electron chi connectivity index (χ3n) is 2.93. The molecule has 122 valence electrons. The number of carbonyl (C=O) groups is 2. The van der Waals surface area contributed by atoms with Crippen LogP contribution >= 0.6 is 35.0 Å². The molecule has 0 bridgehead atoms. The summed E-state index contributed by atoms with van der Waals surface area (Å²) in [5.74, 6) is -2.47. The highest BCUT2D eigenvalue weighted by atomic mass is 35.5. The number of carboxylic acids is 2. The first-order chi connectivity index (χ1) is 10.2. The second-order valence-corrected chi connectivity index (χ2v) is 6.75. The zero-order valence-corrected chi connectivity index (χ0v) is 13.9. The van der Waals surface area contributed by atoms with Crippen LogP contribution in [0.3, 0.4) is 0 Å². The molecule has 1 atom stereocenters. The molecule has 1 aromatic carbocycles. The Labute approximate surface area is 142 Å². The van der Waals surface area contributed by atoms with E-state index in [9.17, 15) is 14.7 Å². The summed E-state index contributed by atoms with van der Waals surface area (Å²) in [6.45, 7) is 0. The Kier molecular flexibility index (Phi) is 7.48. The van der Waals surface area contributed by atoms with Gasteiger partial charge in [-0.25, -0.2) is 4.79 Å². The van der Waals surface area contributed by atoms with Crippen molar-refractivity contribution in [3.63, 3.8) is 0 Å². The van der Waals surface area contributed by atoms with E-state index >= 15 is 0 Å². The monoisotopic (exact) mass is 366 g/mol. The first-order valence-electron chi connectivity index (χ1n) is 6.44. The molecule has 8 heteroatoms. The van der Waals surface area contributed by atoms with Crippen molar-refractivity contribution in [3.05, 3.63) is 33.8 Å². The van der Waals surface area contributed by atoms with Crippen LogP contribution in [0.5, 0.6) is 0 Å². The van der Waals surface area contributed by atoms with Gasteiger partial charge in [0.25, 0.3) is 0 Å². The summed E-state index contributed by atoms with van der Waals surface area (Å²) in [6.07, 6.45) is 0.584. The molecule has 0 saturated carbocycles.